The molecule has 2 N–H and O–H groups in total. The second-order valence-corrected chi connectivity index (χ2v) is 4.60. The van der Waals surface area contributed by atoms with Crippen LogP contribution in [0.3, 0.4) is 0 Å². The number of nitrogens with one attached hydrogen (secondary N) is 1. The highest BCUT2D eigenvalue weighted by molar-refractivity contribution is 4.88. The van der Waals surface area contributed by atoms with Crippen LogP contribution in [0.4, 0.5) is 0 Å². The van der Waals surface area contributed by atoms with E-state index in [-0.39, 0.29) is 0 Å². The van der Waals surface area contributed by atoms with Gasteiger partial charge in [0, 0.05) is 18.7 Å². The first-order valence-electron chi connectivity index (χ1n) is 5.77. The van der Waals surface area contributed by atoms with E-state index in [9.17, 15) is 0 Å². The maximum atomic E-state index is 8.87. The molecule has 0 aromatic carbocycles. The molecule has 2 nitrogen and oxygen atoms in total. The lowest BCUT2D eigenvalue weighted by molar-refractivity contribution is 0.156. The van der Waals surface area contributed by atoms with E-state index in [0.29, 0.717) is 12.6 Å². The van der Waals surface area contributed by atoms with Crippen LogP contribution in [0, 0.1) is 5.92 Å². The van der Waals surface area contributed by atoms with E-state index < -0.39 is 0 Å². The van der Waals surface area contributed by atoms with Crippen LogP contribution in [0.15, 0.2) is 0 Å². The molecule has 1 heterocycles. The molecule has 0 radical (unpaired) electrons. The second-order valence-electron chi connectivity index (χ2n) is 4.60. The standard InChI is InChI=1S/C11H21NO/c13-8-7-10-6-5-9-3-1-2-4-11(9)12-10/h9-13H,1-8H2/t9-,10+,11+/m1/s1. The maximum Gasteiger partial charge on any atom is 0.0445 e. The fourth-order valence-corrected chi connectivity index (χ4v) is 2.96. The first-order valence-corrected chi connectivity index (χ1v) is 5.77. The van der Waals surface area contributed by atoms with E-state index in [1.165, 1.54) is 38.5 Å². The fourth-order valence-electron chi connectivity index (χ4n) is 2.96. The van der Waals surface area contributed by atoms with Crippen LogP contribution in [0.1, 0.15) is 44.9 Å². The average Bonchev–Trinajstić information content (AvgIpc) is 2.18. The number of piperidine rings is 1. The van der Waals surface area contributed by atoms with Gasteiger partial charge in [-0.25, -0.2) is 0 Å². The summed E-state index contributed by atoms with van der Waals surface area (Å²) in [6.07, 6.45) is 9.26. The minimum absolute atomic E-state index is 0.342. The predicted molar refractivity (Wildman–Crippen MR) is 53.6 cm³/mol. The van der Waals surface area contributed by atoms with Gasteiger partial charge in [0.25, 0.3) is 0 Å². The van der Waals surface area contributed by atoms with Crippen molar-refractivity contribution in [1.82, 2.24) is 5.32 Å². The SMILES string of the molecule is OCC[C@@H]1CC[C@H]2CCCC[C@@H]2N1. The molecule has 1 saturated heterocycles. The van der Waals surface area contributed by atoms with E-state index in [2.05, 4.69) is 5.32 Å². The summed E-state index contributed by atoms with van der Waals surface area (Å²) in [6.45, 7) is 0.342. The van der Waals surface area contributed by atoms with E-state index in [1.807, 2.05) is 0 Å². The number of aliphatic hydroxyl groups is 1. The van der Waals surface area contributed by atoms with Gasteiger partial charge in [-0.1, -0.05) is 12.8 Å². The van der Waals surface area contributed by atoms with Crippen molar-refractivity contribution in [2.75, 3.05) is 6.61 Å². The monoisotopic (exact) mass is 183 g/mol. The van der Waals surface area contributed by atoms with Crippen molar-refractivity contribution in [2.45, 2.75) is 57.0 Å². The van der Waals surface area contributed by atoms with Gasteiger partial charge in [-0.15, -0.1) is 0 Å². The van der Waals surface area contributed by atoms with Gasteiger partial charge in [0.15, 0.2) is 0 Å². The molecule has 2 aliphatic rings. The highest BCUT2D eigenvalue weighted by Crippen LogP contribution is 2.32. The number of fused-ring (bicyclic) bond motifs is 1. The topological polar surface area (TPSA) is 32.3 Å². The number of hydrogen-bond donors (Lipinski definition) is 2. The van der Waals surface area contributed by atoms with Crippen LogP contribution in [-0.4, -0.2) is 23.8 Å². The van der Waals surface area contributed by atoms with Gasteiger partial charge < -0.3 is 10.4 Å². The van der Waals surface area contributed by atoms with Crippen molar-refractivity contribution in [2.24, 2.45) is 5.92 Å². The second kappa shape index (κ2) is 4.43. The molecule has 0 aromatic heterocycles. The molecule has 1 aliphatic carbocycles. The van der Waals surface area contributed by atoms with Gasteiger partial charge in [-0.2, -0.15) is 0 Å². The molecule has 13 heavy (non-hydrogen) atoms. The first kappa shape index (κ1) is 9.47. The predicted octanol–water partition coefficient (Wildman–Crippen LogP) is 1.68. The Kier molecular flexibility index (Phi) is 3.23. The van der Waals surface area contributed by atoms with Gasteiger partial charge in [-0.3, -0.25) is 0 Å². The lowest BCUT2D eigenvalue weighted by Crippen LogP contribution is -2.49. The summed E-state index contributed by atoms with van der Waals surface area (Å²) in [5.74, 6) is 0.948. The Bertz CT molecular complexity index is 160. The Morgan fingerprint density at radius 3 is 2.77 bits per heavy atom. The minimum Gasteiger partial charge on any atom is -0.396 e. The molecule has 1 aliphatic heterocycles. The summed E-state index contributed by atoms with van der Waals surface area (Å²) in [5.41, 5.74) is 0. The van der Waals surface area contributed by atoms with Gasteiger partial charge >= 0.3 is 0 Å². The summed E-state index contributed by atoms with van der Waals surface area (Å²) < 4.78 is 0. The first-order chi connectivity index (χ1) is 6.40. The molecular formula is C11H21NO. The Morgan fingerprint density at radius 2 is 1.92 bits per heavy atom. The molecule has 76 valence electrons. The van der Waals surface area contributed by atoms with Crippen molar-refractivity contribution in [3.8, 4) is 0 Å². The van der Waals surface area contributed by atoms with Crippen LogP contribution in [0.2, 0.25) is 0 Å². The third-order valence-corrected chi connectivity index (χ3v) is 3.72. The smallest absolute Gasteiger partial charge is 0.0445 e. The van der Waals surface area contributed by atoms with Gasteiger partial charge in [0.05, 0.1) is 0 Å². The third-order valence-electron chi connectivity index (χ3n) is 3.72. The molecule has 2 fully saturated rings. The van der Waals surface area contributed by atoms with Gasteiger partial charge in [-0.05, 0) is 38.0 Å². The summed E-state index contributed by atoms with van der Waals surface area (Å²) >= 11 is 0. The zero-order chi connectivity index (χ0) is 9.10. The third kappa shape index (κ3) is 2.23. The molecule has 0 unspecified atom stereocenters. The molecular weight excluding hydrogens is 162 g/mol. The van der Waals surface area contributed by atoms with Crippen molar-refractivity contribution in [3.63, 3.8) is 0 Å². The summed E-state index contributed by atoms with van der Waals surface area (Å²) in [4.78, 5) is 0. The van der Waals surface area contributed by atoms with Crippen LogP contribution in [-0.2, 0) is 0 Å². The molecule has 0 amide bonds. The van der Waals surface area contributed by atoms with Crippen LogP contribution in [0.5, 0.6) is 0 Å². The normalized spacial score (nSPS) is 39.9. The minimum atomic E-state index is 0.342. The van der Waals surface area contributed by atoms with E-state index in [4.69, 9.17) is 5.11 Å². The van der Waals surface area contributed by atoms with Crippen molar-refractivity contribution >= 4 is 0 Å². The van der Waals surface area contributed by atoms with Gasteiger partial charge in [0.2, 0.25) is 0 Å². The maximum absolute atomic E-state index is 8.87. The lowest BCUT2D eigenvalue weighted by Gasteiger charge is -2.40. The molecule has 0 aromatic rings. The molecule has 2 rings (SSSR count). The van der Waals surface area contributed by atoms with E-state index >= 15 is 0 Å². The zero-order valence-electron chi connectivity index (χ0n) is 8.34. The van der Waals surface area contributed by atoms with Crippen LogP contribution >= 0.6 is 0 Å². The summed E-state index contributed by atoms with van der Waals surface area (Å²) in [5, 5.41) is 12.6. The number of aliphatic hydroxyl groups excluding tert-OH is 1. The highest BCUT2D eigenvalue weighted by Gasteiger charge is 2.30. The van der Waals surface area contributed by atoms with Crippen molar-refractivity contribution in [1.29, 1.82) is 0 Å². The van der Waals surface area contributed by atoms with Crippen LogP contribution in [0.25, 0.3) is 0 Å². The summed E-state index contributed by atoms with van der Waals surface area (Å²) in [6, 6.07) is 1.38. The lowest BCUT2D eigenvalue weighted by atomic mass is 9.77. The molecule has 2 heteroatoms. The van der Waals surface area contributed by atoms with E-state index in [1.54, 1.807) is 0 Å². The largest absolute Gasteiger partial charge is 0.396 e. The molecule has 3 atom stereocenters. The Hall–Kier alpha value is -0.0800. The fraction of sp³-hybridized carbons (Fsp3) is 1.00. The molecule has 0 bridgehead atoms. The van der Waals surface area contributed by atoms with Crippen molar-refractivity contribution in [3.05, 3.63) is 0 Å². The number of rotatable bonds is 2. The van der Waals surface area contributed by atoms with Gasteiger partial charge in [0.1, 0.15) is 0 Å². The molecule has 0 spiro atoms. The Morgan fingerprint density at radius 1 is 1.08 bits per heavy atom. The highest BCUT2D eigenvalue weighted by atomic mass is 16.3. The van der Waals surface area contributed by atoms with Crippen molar-refractivity contribution < 1.29 is 5.11 Å². The zero-order valence-corrected chi connectivity index (χ0v) is 8.34. The number of hydrogen-bond acceptors (Lipinski definition) is 2. The Balaban J connectivity index is 1.84. The summed E-state index contributed by atoms with van der Waals surface area (Å²) in [7, 11) is 0. The molecule has 1 saturated carbocycles. The average molecular weight is 183 g/mol. The van der Waals surface area contributed by atoms with E-state index in [0.717, 1.165) is 18.4 Å². The van der Waals surface area contributed by atoms with Crippen LogP contribution < -0.4 is 5.32 Å². The Labute approximate surface area is 80.7 Å². The quantitative estimate of drug-likeness (QED) is 0.682.